The van der Waals surface area contributed by atoms with Crippen LogP contribution in [0.25, 0.3) is 0 Å². The first-order chi connectivity index (χ1) is 9.06. The van der Waals surface area contributed by atoms with Crippen LogP contribution in [-0.4, -0.2) is 29.6 Å². The number of carbonyl (C=O) groups is 2. The van der Waals surface area contributed by atoms with Crippen LogP contribution in [-0.2, 0) is 16.1 Å². The minimum Gasteiger partial charge on any atom is -0.480 e. The highest BCUT2D eigenvalue weighted by Gasteiger charge is 2.29. The molecule has 1 amide bonds. The van der Waals surface area contributed by atoms with Crippen LogP contribution in [0.3, 0.4) is 0 Å². The fourth-order valence-electron chi connectivity index (χ4n) is 1.74. The van der Waals surface area contributed by atoms with Gasteiger partial charge in [0.05, 0.1) is 5.92 Å². The molecule has 19 heavy (non-hydrogen) atoms. The van der Waals surface area contributed by atoms with Crippen LogP contribution < -0.4 is 16.8 Å². The second-order valence-corrected chi connectivity index (χ2v) is 4.25. The van der Waals surface area contributed by atoms with Crippen molar-refractivity contribution in [1.29, 1.82) is 0 Å². The largest absolute Gasteiger partial charge is 0.480 e. The molecule has 0 heterocycles. The van der Waals surface area contributed by atoms with Crippen LogP contribution in [0.4, 0.5) is 0 Å². The summed E-state index contributed by atoms with van der Waals surface area (Å²) in [5, 5.41) is 11.5. The Morgan fingerprint density at radius 2 is 1.89 bits per heavy atom. The number of hydrogen-bond donors (Lipinski definition) is 4. The molecular formula is C13H19N3O3. The van der Waals surface area contributed by atoms with Gasteiger partial charge in [-0.3, -0.25) is 9.59 Å². The molecule has 0 aliphatic heterocycles. The predicted octanol–water partition coefficient (Wildman–Crippen LogP) is -0.320. The molecule has 6 N–H and O–H groups in total. The zero-order valence-corrected chi connectivity index (χ0v) is 10.6. The van der Waals surface area contributed by atoms with Crippen molar-refractivity contribution in [3.05, 3.63) is 35.9 Å². The van der Waals surface area contributed by atoms with E-state index in [-0.39, 0.29) is 18.9 Å². The van der Waals surface area contributed by atoms with E-state index in [1.165, 1.54) is 0 Å². The Kier molecular flexibility index (Phi) is 5.98. The van der Waals surface area contributed by atoms with Crippen molar-refractivity contribution in [2.45, 2.75) is 19.0 Å². The minimum atomic E-state index is -1.24. The standard InChI is InChI=1S/C13H19N3O3/c14-7-6-10(11(15)13(18)19)12(17)16-8-9-4-2-1-3-5-9/h1-5,10-11H,6-8,14-15H2,(H,16,17)(H,18,19)/t10?,11-/m0/s1. The Bertz CT molecular complexity index is 422. The second-order valence-electron chi connectivity index (χ2n) is 4.25. The van der Waals surface area contributed by atoms with E-state index in [1.807, 2.05) is 30.3 Å². The van der Waals surface area contributed by atoms with Crippen molar-refractivity contribution in [2.75, 3.05) is 6.54 Å². The molecule has 1 unspecified atom stereocenters. The van der Waals surface area contributed by atoms with Gasteiger partial charge >= 0.3 is 5.97 Å². The van der Waals surface area contributed by atoms with Gasteiger partial charge < -0.3 is 21.9 Å². The van der Waals surface area contributed by atoms with Crippen molar-refractivity contribution in [2.24, 2.45) is 17.4 Å². The van der Waals surface area contributed by atoms with E-state index in [0.29, 0.717) is 6.54 Å². The Morgan fingerprint density at radius 3 is 2.42 bits per heavy atom. The van der Waals surface area contributed by atoms with Gasteiger partial charge in [-0.15, -0.1) is 0 Å². The molecule has 0 spiro atoms. The third-order valence-corrected chi connectivity index (χ3v) is 2.84. The zero-order chi connectivity index (χ0) is 14.3. The van der Waals surface area contributed by atoms with E-state index >= 15 is 0 Å². The monoisotopic (exact) mass is 265 g/mol. The number of benzene rings is 1. The molecule has 6 nitrogen and oxygen atoms in total. The van der Waals surface area contributed by atoms with Crippen LogP contribution in [0.15, 0.2) is 30.3 Å². The number of carboxylic acid groups (broad SMARTS) is 1. The second kappa shape index (κ2) is 7.50. The summed E-state index contributed by atoms with van der Waals surface area (Å²) in [5.74, 6) is -2.40. The molecule has 1 aromatic carbocycles. The highest BCUT2D eigenvalue weighted by molar-refractivity contribution is 5.86. The number of rotatable bonds is 7. The average molecular weight is 265 g/mol. The molecule has 0 aromatic heterocycles. The van der Waals surface area contributed by atoms with Gasteiger partial charge in [0, 0.05) is 6.54 Å². The Morgan fingerprint density at radius 1 is 1.26 bits per heavy atom. The molecule has 0 saturated carbocycles. The molecule has 0 fully saturated rings. The third-order valence-electron chi connectivity index (χ3n) is 2.84. The highest BCUT2D eigenvalue weighted by Crippen LogP contribution is 2.08. The van der Waals surface area contributed by atoms with Crippen LogP contribution in [0.1, 0.15) is 12.0 Å². The average Bonchev–Trinajstić information content (AvgIpc) is 2.42. The van der Waals surface area contributed by atoms with Gasteiger partial charge in [-0.2, -0.15) is 0 Å². The molecule has 6 heteroatoms. The summed E-state index contributed by atoms with van der Waals surface area (Å²) >= 11 is 0. The molecule has 1 rings (SSSR count). The molecule has 2 atom stereocenters. The number of nitrogens with two attached hydrogens (primary N) is 2. The van der Waals surface area contributed by atoms with Crippen LogP contribution in [0, 0.1) is 5.92 Å². The van der Waals surface area contributed by atoms with Crippen molar-refractivity contribution >= 4 is 11.9 Å². The lowest BCUT2D eigenvalue weighted by Gasteiger charge is -2.19. The topological polar surface area (TPSA) is 118 Å². The summed E-state index contributed by atoms with van der Waals surface area (Å²) in [7, 11) is 0. The van der Waals surface area contributed by atoms with E-state index in [4.69, 9.17) is 16.6 Å². The molecule has 0 aliphatic carbocycles. The van der Waals surface area contributed by atoms with E-state index in [0.717, 1.165) is 5.56 Å². The van der Waals surface area contributed by atoms with Crippen molar-refractivity contribution in [1.82, 2.24) is 5.32 Å². The summed E-state index contributed by atoms with van der Waals surface area (Å²) in [6, 6.07) is 8.11. The maximum Gasteiger partial charge on any atom is 0.321 e. The molecule has 0 aliphatic rings. The summed E-state index contributed by atoms with van der Waals surface area (Å²) in [6.45, 7) is 0.553. The fourth-order valence-corrected chi connectivity index (χ4v) is 1.74. The third kappa shape index (κ3) is 4.69. The summed E-state index contributed by atoms with van der Waals surface area (Å²) in [6.07, 6.45) is 0.244. The lowest BCUT2D eigenvalue weighted by atomic mass is 9.95. The van der Waals surface area contributed by atoms with Crippen molar-refractivity contribution in [3.8, 4) is 0 Å². The summed E-state index contributed by atoms with van der Waals surface area (Å²) < 4.78 is 0. The quantitative estimate of drug-likeness (QED) is 0.539. The number of amides is 1. The minimum absolute atomic E-state index is 0.213. The lowest BCUT2D eigenvalue weighted by molar-refractivity contribution is -0.143. The first kappa shape index (κ1) is 15.1. The number of nitrogens with one attached hydrogen (secondary N) is 1. The van der Waals surface area contributed by atoms with Gasteiger partial charge in [0.1, 0.15) is 6.04 Å². The van der Waals surface area contributed by atoms with E-state index in [1.54, 1.807) is 0 Å². The molecule has 0 saturated heterocycles. The summed E-state index contributed by atoms with van der Waals surface area (Å²) in [4.78, 5) is 22.8. The fraction of sp³-hybridized carbons (Fsp3) is 0.385. The number of aliphatic carboxylic acids is 1. The van der Waals surface area contributed by atoms with E-state index in [9.17, 15) is 9.59 Å². The van der Waals surface area contributed by atoms with Gasteiger partial charge in [-0.05, 0) is 18.5 Å². The highest BCUT2D eigenvalue weighted by atomic mass is 16.4. The Hall–Kier alpha value is -1.92. The first-order valence-corrected chi connectivity index (χ1v) is 6.06. The van der Waals surface area contributed by atoms with Crippen LogP contribution >= 0.6 is 0 Å². The van der Waals surface area contributed by atoms with Gasteiger partial charge in [0.15, 0.2) is 0 Å². The molecule has 104 valence electrons. The van der Waals surface area contributed by atoms with Crippen molar-refractivity contribution < 1.29 is 14.7 Å². The van der Waals surface area contributed by atoms with Crippen molar-refractivity contribution in [3.63, 3.8) is 0 Å². The summed E-state index contributed by atoms with van der Waals surface area (Å²) in [5.41, 5.74) is 11.8. The van der Waals surface area contributed by atoms with Gasteiger partial charge in [-0.25, -0.2) is 0 Å². The molecular weight excluding hydrogens is 246 g/mol. The molecule has 0 radical (unpaired) electrons. The number of carboxylic acids is 1. The SMILES string of the molecule is NCCC(C(=O)NCc1ccccc1)[C@H](N)C(=O)O. The Balaban J connectivity index is 2.60. The smallest absolute Gasteiger partial charge is 0.321 e. The Labute approximate surface area is 111 Å². The maximum absolute atomic E-state index is 11.9. The van der Waals surface area contributed by atoms with Gasteiger partial charge in [0.2, 0.25) is 5.91 Å². The lowest BCUT2D eigenvalue weighted by Crippen LogP contribution is -2.47. The molecule has 1 aromatic rings. The van der Waals surface area contributed by atoms with Gasteiger partial charge in [-0.1, -0.05) is 30.3 Å². The first-order valence-electron chi connectivity index (χ1n) is 6.06. The van der Waals surface area contributed by atoms with Gasteiger partial charge in [0.25, 0.3) is 0 Å². The van der Waals surface area contributed by atoms with Crippen LogP contribution in [0.5, 0.6) is 0 Å². The number of carbonyl (C=O) groups excluding carboxylic acids is 1. The number of hydrogen-bond acceptors (Lipinski definition) is 4. The normalized spacial score (nSPS) is 13.6. The maximum atomic E-state index is 11.9. The van der Waals surface area contributed by atoms with E-state index < -0.39 is 17.9 Å². The van der Waals surface area contributed by atoms with E-state index in [2.05, 4.69) is 5.32 Å². The molecule has 0 bridgehead atoms. The zero-order valence-electron chi connectivity index (χ0n) is 10.6. The van der Waals surface area contributed by atoms with Crippen LogP contribution in [0.2, 0.25) is 0 Å². The predicted molar refractivity (Wildman–Crippen MR) is 71.1 cm³/mol.